The molecule has 0 bridgehead atoms. The SMILES string of the molecule is Cc1cn2nnc(C(=O)N3CCC(C(=O)Nc4ccc(F)cc4)CC3)c2c(=O)[nH]1. The van der Waals surface area contributed by atoms with Crippen molar-refractivity contribution in [1.82, 2.24) is 24.7 Å². The molecule has 9 nitrogen and oxygen atoms in total. The van der Waals surface area contributed by atoms with Crippen LogP contribution in [0.15, 0.2) is 35.3 Å². The predicted octanol–water partition coefficient (Wildman–Crippen LogP) is 1.36. The Labute approximate surface area is 164 Å². The van der Waals surface area contributed by atoms with Gasteiger partial charge in [0.25, 0.3) is 11.5 Å². The van der Waals surface area contributed by atoms with Gasteiger partial charge in [0.2, 0.25) is 5.91 Å². The molecule has 2 amide bonds. The summed E-state index contributed by atoms with van der Waals surface area (Å²) >= 11 is 0. The van der Waals surface area contributed by atoms with E-state index < -0.39 is 5.56 Å². The Kier molecular flexibility index (Phi) is 4.83. The lowest BCUT2D eigenvalue weighted by Gasteiger charge is -2.30. The van der Waals surface area contributed by atoms with E-state index in [1.54, 1.807) is 18.0 Å². The number of aryl methyl sites for hydroxylation is 1. The predicted molar refractivity (Wildman–Crippen MR) is 102 cm³/mol. The standard InChI is InChI=1S/C19H19FN6O3/c1-11-10-26-16(18(28)21-11)15(23-24-26)19(29)25-8-6-12(7-9-25)17(27)22-14-4-2-13(20)3-5-14/h2-5,10,12H,6-9H2,1H3,(H,21,28)(H,22,27). The minimum atomic E-state index is -0.424. The van der Waals surface area contributed by atoms with E-state index in [4.69, 9.17) is 0 Å². The number of piperidine rings is 1. The molecule has 0 saturated carbocycles. The summed E-state index contributed by atoms with van der Waals surface area (Å²) in [5, 5.41) is 10.5. The number of nitrogens with zero attached hydrogens (tertiary/aromatic N) is 4. The average molecular weight is 398 g/mol. The van der Waals surface area contributed by atoms with Gasteiger partial charge in [0.1, 0.15) is 5.82 Å². The van der Waals surface area contributed by atoms with Crippen LogP contribution in [-0.2, 0) is 4.79 Å². The fourth-order valence-electron chi connectivity index (χ4n) is 3.47. The van der Waals surface area contributed by atoms with Gasteiger partial charge in [0.05, 0.1) is 6.20 Å². The van der Waals surface area contributed by atoms with Crippen LogP contribution in [0.5, 0.6) is 0 Å². The summed E-state index contributed by atoms with van der Waals surface area (Å²) in [6.07, 6.45) is 2.55. The summed E-state index contributed by atoms with van der Waals surface area (Å²) in [7, 11) is 0. The van der Waals surface area contributed by atoms with Gasteiger partial charge in [0.15, 0.2) is 11.2 Å². The normalized spacial score (nSPS) is 14.9. The van der Waals surface area contributed by atoms with Gasteiger partial charge in [-0.25, -0.2) is 8.91 Å². The molecular weight excluding hydrogens is 379 g/mol. The number of aromatic amines is 1. The van der Waals surface area contributed by atoms with Crippen LogP contribution in [-0.4, -0.2) is 49.6 Å². The smallest absolute Gasteiger partial charge is 0.276 e. The Balaban J connectivity index is 1.42. The summed E-state index contributed by atoms with van der Waals surface area (Å²) in [4.78, 5) is 41.7. The Morgan fingerprint density at radius 3 is 2.59 bits per heavy atom. The third kappa shape index (κ3) is 3.73. The molecule has 2 aromatic heterocycles. The van der Waals surface area contributed by atoms with E-state index in [2.05, 4.69) is 20.6 Å². The van der Waals surface area contributed by atoms with Gasteiger partial charge in [0, 0.05) is 30.4 Å². The number of nitrogens with one attached hydrogen (secondary N) is 2. The summed E-state index contributed by atoms with van der Waals surface area (Å²) < 4.78 is 14.3. The highest BCUT2D eigenvalue weighted by molar-refractivity contribution is 5.98. The molecule has 1 saturated heterocycles. The maximum absolute atomic E-state index is 13.0. The van der Waals surface area contributed by atoms with E-state index in [1.165, 1.54) is 28.8 Å². The summed E-state index contributed by atoms with van der Waals surface area (Å²) in [6.45, 7) is 2.44. The molecule has 1 aliphatic rings. The maximum Gasteiger partial charge on any atom is 0.276 e. The van der Waals surface area contributed by atoms with Crippen LogP contribution in [0.3, 0.4) is 0 Å². The topological polar surface area (TPSA) is 112 Å². The van der Waals surface area contributed by atoms with Crippen molar-refractivity contribution in [2.45, 2.75) is 19.8 Å². The Hall–Kier alpha value is -3.56. The number of carbonyl (C=O) groups is 2. The van der Waals surface area contributed by atoms with Crippen molar-refractivity contribution in [2.24, 2.45) is 5.92 Å². The number of carbonyl (C=O) groups excluding carboxylic acids is 2. The van der Waals surface area contributed by atoms with Crippen LogP contribution < -0.4 is 10.9 Å². The number of rotatable bonds is 3. The molecule has 1 fully saturated rings. The van der Waals surface area contributed by atoms with E-state index in [0.717, 1.165) is 0 Å². The van der Waals surface area contributed by atoms with Crippen molar-refractivity contribution in [3.05, 3.63) is 58.0 Å². The molecule has 4 rings (SSSR count). The molecule has 2 N–H and O–H groups in total. The fourth-order valence-corrected chi connectivity index (χ4v) is 3.47. The molecule has 0 spiro atoms. The van der Waals surface area contributed by atoms with Crippen LogP contribution in [0, 0.1) is 18.7 Å². The van der Waals surface area contributed by atoms with Crippen LogP contribution >= 0.6 is 0 Å². The van der Waals surface area contributed by atoms with Gasteiger partial charge in [-0.15, -0.1) is 5.10 Å². The number of fused-ring (bicyclic) bond motifs is 1. The fraction of sp³-hybridized carbons (Fsp3) is 0.316. The van der Waals surface area contributed by atoms with Crippen molar-refractivity contribution in [3.63, 3.8) is 0 Å². The number of hydrogen-bond acceptors (Lipinski definition) is 5. The lowest BCUT2D eigenvalue weighted by molar-refractivity contribution is -0.121. The Morgan fingerprint density at radius 1 is 1.21 bits per heavy atom. The van der Waals surface area contributed by atoms with Crippen LogP contribution in [0.2, 0.25) is 0 Å². The molecule has 0 aliphatic carbocycles. The highest BCUT2D eigenvalue weighted by Crippen LogP contribution is 2.21. The minimum absolute atomic E-state index is 0.000429. The molecular formula is C19H19FN6O3. The molecule has 0 atom stereocenters. The number of aromatic nitrogens is 4. The third-order valence-corrected chi connectivity index (χ3v) is 5.00. The third-order valence-electron chi connectivity index (χ3n) is 5.00. The second kappa shape index (κ2) is 7.46. The number of amides is 2. The number of H-pyrrole nitrogens is 1. The molecule has 0 radical (unpaired) electrons. The lowest BCUT2D eigenvalue weighted by Crippen LogP contribution is -2.41. The molecule has 0 unspecified atom stereocenters. The van der Waals surface area contributed by atoms with Crippen LogP contribution in [0.1, 0.15) is 29.0 Å². The van der Waals surface area contributed by atoms with Crippen molar-refractivity contribution in [2.75, 3.05) is 18.4 Å². The highest BCUT2D eigenvalue weighted by Gasteiger charge is 2.30. The maximum atomic E-state index is 13.0. The zero-order chi connectivity index (χ0) is 20.5. The van der Waals surface area contributed by atoms with Crippen LogP contribution in [0.4, 0.5) is 10.1 Å². The first-order valence-corrected chi connectivity index (χ1v) is 9.23. The number of hydrogen-bond donors (Lipinski definition) is 2. The van der Waals surface area contributed by atoms with Gasteiger partial charge >= 0.3 is 0 Å². The second-order valence-electron chi connectivity index (χ2n) is 7.06. The first-order valence-electron chi connectivity index (χ1n) is 9.23. The number of halogens is 1. The average Bonchev–Trinajstić information content (AvgIpc) is 3.13. The second-order valence-corrected chi connectivity index (χ2v) is 7.06. The first-order chi connectivity index (χ1) is 13.9. The van der Waals surface area contributed by atoms with Crippen molar-refractivity contribution in [1.29, 1.82) is 0 Å². The largest absolute Gasteiger partial charge is 0.337 e. The summed E-state index contributed by atoms with van der Waals surface area (Å²) in [5.74, 6) is -1.17. The molecule has 3 aromatic rings. The lowest BCUT2D eigenvalue weighted by atomic mass is 9.95. The first kappa shape index (κ1) is 18.8. The number of likely N-dealkylation sites (tertiary alicyclic amines) is 1. The van der Waals surface area contributed by atoms with E-state index >= 15 is 0 Å². The Morgan fingerprint density at radius 2 is 1.90 bits per heavy atom. The minimum Gasteiger partial charge on any atom is -0.337 e. The van der Waals surface area contributed by atoms with Crippen LogP contribution in [0.25, 0.3) is 5.52 Å². The van der Waals surface area contributed by atoms with E-state index in [1.807, 2.05) is 0 Å². The van der Waals surface area contributed by atoms with Gasteiger partial charge in [-0.05, 0) is 44.0 Å². The Bertz CT molecular complexity index is 1130. The van der Waals surface area contributed by atoms with Crippen molar-refractivity contribution >= 4 is 23.0 Å². The zero-order valence-electron chi connectivity index (χ0n) is 15.7. The molecule has 150 valence electrons. The summed E-state index contributed by atoms with van der Waals surface area (Å²) in [5.41, 5.74) is 0.823. The van der Waals surface area contributed by atoms with Gasteiger partial charge in [-0.3, -0.25) is 14.4 Å². The summed E-state index contributed by atoms with van der Waals surface area (Å²) in [6, 6.07) is 5.57. The van der Waals surface area contributed by atoms with Gasteiger partial charge in [-0.1, -0.05) is 5.21 Å². The molecule has 29 heavy (non-hydrogen) atoms. The molecule has 3 heterocycles. The zero-order valence-corrected chi connectivity index (χ0v) is 15.7. The quantitative estimate of drug-likeness (QED) is 0.692. The van der Waals surface area contributed by atoms with Gasteiger partial charge < -0.3 is 15.2 Å². The monoisotopic (exact) mass is 398 g/mol. The number of anilines is 1. The molecule has 1 aromatic carbocycles. The van der Waals surface area contributed by atoms with Gasteiger partial charge in [-0.2, -0.15) is 0 Å². The highest BCUT2D eigenvalue weighted by atomic mass is 19.1. The van der Waals surface area contributed by atoms with E-state index in [9.17, 15) is 18.8 Å². The number of benzene rings is 1. The van der Waals surface area contributed by atoms with Crippen molar-refractivity contribution in [3.8, 4) is 0 Å². The van der Waals surface area contributed by atoms with E-state index in [0.29, 0.717) is 37.3 Å². The molecule has 10 heteroatoms. The molecule has 1 aliphatic heterocycles. The van der Waals surface area contributed by atoms with E-state index in [-0.39, 0.29) is 34.8 Å². The van der Waals surface area contributed by atoms with Crippen molar-refractivity contribution < 1.29 is 14.0 Å².